The predicted molar refractivity (Wildman–Crippen MR) is 104 cm³/mol. The first-order valence-corrected chi connectivity index (χ1v) is 10.2. The highest BCUT2D eigenvalue weighted by Gasteiger charge is 2.25. The second kappa shape index (κ2) is 7.12. The van der Waals surface area contributed by atoms with E-state index in [1.54, 1.807) is 4.90 Å². The normalized spacial score (nSPS) is 15.1. The zero-order valence-electron chi connectivity index (χ0n) is 15.1. The van der Waals surface area contributed by atoms with Gasteiger partial charge in [0.15, 0.2) is 0 Å². The van der Waals surface area contributed by atoms with Crippen LogP contribution in [0.3, 0.4) is 0 Å². The third kappa shape index (κ3) is 4.18. The minimum absolute atomic E-state index is 0.0467. The van der Waals surface area contributed by atoms with Crippen LogP contribution in [0.2, 0.25) is 0 Å². The van der Waals surface area contributed by atoms with Crippen molar-refractivity contribution < 1.29 is 9.00 Å². The Balaban J connectivity index is 1.60. The summed E-state index contributed by atoms with van der Waals surface area (Å²) < 4.78 is 12.4. The molecule has 1 aliphatic rings. The van der Waals surface area contributed by atoms with Gasteiger partial charge in [-0.3, -0.25) is 9.00 Å². The number of carbonyl (C=O) groups excluding carboxylic acids is 1. The van der Waals surface area contributed by atoms with E-state index in [-0.39, 0.29) is 17.1 Å². The fourth-order valence-electron chi connectivity index (χ4n) is 3.15. The van der Waals surface area contributed by atoms with Crippen LogP contribution < -0.4 is 4.90 Å². The van der Waals surface area contributed by atoms with Gasteiger partial charge in [-0.1, -0.05) is 63.2 Å². The molecule has 0 spiro atoms. The Morgan fingerprint density at radius 3 is 2.44 bits per heavy atom. The predicted octanol–water partition coefficient (Wildman–Crippen LogP) is 3.82. The van der Waals surface area contributed by atoms with Crippen molar-refractivity contribution in [1.29, 1.82) is 0 Å². The maximum Gasteiger partial charge on any atom is 0.239 e. The second-order valence-corrected chi connectivity index (χ2v) is 9.06. The van der Waals surface area contributed by atoms with Crippen LogP contribution in [0, 0.1) is 0 Å². The molecule has 1 atom stereocenters. The van der Waals surface area contributed by atoms with E-state index in [1.165, 1.54) is 11.1 Å². The molecule has 0 unspecified atom stereocenters. The van der Waals surface area contributed by atoms with Crippen molar-refractivity contribution in [3.8, 4) is 0 Å². The van der Waals surface area contributed by atoms with Gasteiger partial charge in [0.1, 0.15) is 5.75 Å². The van der Waals surface area contributed by atoms with Crippen LogP contribution in [0.1, 0.15) is 37.5 Å². The molecule has 25 heavy (non-hydrogen) atoms. The number of fused-ring (bicyclic) bond motifs is 1. The van der Waals surface area contributed by atoms with Gasteiger partial charge >= 0.3 is 0 Å². The molecule has 0 aromatic heterocycles. The molecular formula is C21H25NO2S. The van der Waals surface area contributed by atoms with E-state index in [2.05, 4.69) is 39.0 Å². The monoisotopic (exact) mass is 355 g/mol. The summed E-state index contributed by atoms with van der Waals surface area (Å²) in [6, 6.07) is 16.2. The molecule has 2 aromatic rings. The SMILES string of the molecule is CC(C)(C)c1ccc(C[S@@](=O)CC(=O)N2CCc3ccccc32)cc1. The van der Waals surface area contributed by atoms with Crippen LogP contribution in [0.5, 0.6) is 0 Å². The van der Waals surface area contributed by atoms with Gasteiger partial charge in [-0.15, -0.1) is 0 Å². The zero-order chi connectivity index (χ0) is 18.0. The van der Waals surface area contributed by atoms with Gasteiger partial charge < -0.3 is 4.90 Å². The van der Waals surface area contributed by atoms with E-state index < -0.39 is 10.8 Å². The molecule has 2 aromatic carbocycles. The lowest BCUT2D eigenvalue weighted by atomic mass is 9.87. The number of amides is 1. The molecule has 1 heterocycles. The average molecular weight is 356 g/mol. The van der Waals surface area contributed by atoms with Gasteiger partial charge in [-0.05, 0) is 34.6 Å². The quantitative estimate of drug-likeness (QED) is 0.836. The van der Waals surface area contributed by atoms with Crippen LogP contribution >= 0.6 is 0 Å². The highest BCUT2D eigenvalue weighted by molar-refractivity contribution is 7.84. The van der Waals surface area contributed by atoms with E-state index in [4.69, 9.17) is 0 Å². The van der Waals surface area contributed by atoms with Crippen molar-refractivity contribution in [2.24, 2.45) is 0 Å². The average Bonchev–Trinajstić information content (AvgIpc) is 2.98. The highest BCUT2D eigenvalue weighted by atomic mass is 32.2. The first kappa shape index (κ1) is 17.9. The maximum atomic E-state index is 12.5. The van der Waals surface area contributed by atoms with Crippen LogP contribution in [0.4, 0.5) is 5.69 Å². The number of benzene rings is 2. The number of anilines is 1. The summed E-state index contributed by atoms with van der Waals surface area (Å²) in [5, 5.41) is 0. The smallest absolute Gasteiger partial charge is 0.239 e. The molecule has 1 amide bonds. The molecule has 0 saturated heterocycles. The molecule has 1 aliphatic heterocycles. The van der Waals surface area contributed by atoms with E-state index in [0.29, 0.717) is 12.3 Å². The first-order valence-electron chi connectivity index (χ1n) is 8.67. The number of hydrogen-bond acceptors (Lipinski definition) is 2. The molecule has 0 aliphatic carbocycles. The van der Waals surface area contributed by atoms with Gasteiger partial charge in [0, 0.05) is 28.8 Å². The third-order valence-electron chi connectivity index (χ3n) is 4.62. The summed E-state index contributed by atoms with van der Waals surface area (Å²) in [5.74, 6) is 0.454. The Morgan fingerprint density at radius 2 is 1.76 bits per heavy atom. The molecule has 0 radical (unpaired) electrons. The highest BCUT2D eigenvalue weighted by Crippen LogP contribution is 2.27. The molecule has 0 N–H and O–H groups in total. The lowest BCUT2D eigenvalue weighted by Gasteiger charge is -2.19. The Kier molecular flexibility index (Phi) is 5.09. The molecule has 4 heteroatoms. The van der Waals surface area contributed by atoms with Crippen molar-refractivity contribution in [3.05, 3.63) is 65.2 Å². The van der Waals surface area contributed by atoms with E-state index in [1.807, 2.05) is 30.3 Å². The largest absolute Gasteiger partial charge is 0.311 e. The van der Waals surface area contributed by atoms with Crippen molar-refractivity contribution in [2.75, 3.05) is 17.2 Å². The van der Waals surface area contributed by atoms with Gasteiger partial charge in [0.25, 0.3) is 0 Å². The number of hydrogen-bond donors (Lipinski definition) is 0. The Labute approximate surface area is 152 Å². The Bertz CT molecular complexity index is 790. The van der Waals surface area contributed by atoms with E-state index in [0.717, 1.165) is 17.7 Å². The fourth-order valence-corrected chi connectivity index (χ4v) is 4.25. The summed E-state index contributed by atoms with van der Waals surface area (Å²) in [6.45, 7) is 7.21. The molecule has 0 bridgehead atoms. The Morgan fingerprint density at radius 1 is 1.08 bits per heavy atom. The van der Waals surface area contributed by atoms with Crippen LogP contribution in [-0.4, -0.2) is 22.4 Å². The number of carbonyl (C=O) groups is 1. The Hall–Kier alpha value is -1.94. The van der Waals surface area contributed by atoms with Gasteiger partial charge in [0.05, 0.1) is 0 Å². The lowest BCUT2D eigenvalue weighted by Crippen LogP contribution is -2.33. The lowest BCUT2D eigenvalue weighted by molar-refractivity contribution is -0.116. The molecule has 3 nitrogen and oxygen atoms in total. The van der Waals surface area contributed by atoms with Crippen molar-refractivity contribution in [3.63, 3.8) is 0 Å². The molecule has 0 fully saturated rings. The van der Waals surface area contributed by atoms with Crippen LogP contribution in [0.15, 0.2) is 48.5 Å². The fraction of sp³-hybridized carbons (Fsp3) is 0.381. The third-order valence-corrected chi connectivity index (χ3v) is 5.84. The maximum absolute atomic E-state index is 12.5. The topological polar surface area (TPSA) is 37.4 Å². The number of nitrogens with zero attached hydrogens (tertiary/aromatic N) is 1. The first-order chi connectivity index (χ1) is 11.8. The zero-order valence-corrected chi connectivity index (χ0v) is 15.9. The standard InChI is InChI=1S/C21H25NO2S/c1-21(2,3)18-10-8-16(9-11-18)14-25(24)15-20(23)22-13-12-17-6-4-5-7-19(17)22/h4-11H,12-15H2,1-3H3/t25-/m1/s1. The molecule has 3 rings (SSSR count). The summed E-state index contributed by atoms with van der Waals surface area (Å²) >= 11 is 0. The summed E-state index contributed by atoms with van der Waals surface area (Å²) in [6.07, 6.45) is 0.878. The van der Waals surface area contributed by atoms with Crippen molar-refractivity contribution in [2.45, 2.75) is 38.4 Å². The van der Waals surface area contributed by atoms with Crippen molar-refractivity contribution >= 4 is 22.4 Å². The molecule has 132 valence electrons. The van der Waals surface area contributed by atoms with Crippen LogP contribution in [-0.2, 0) is 33.2 Å². The minimum atomic E-state index is -1.19. The van der Waals surface area contributed by atoms with Crippen molar-refractivity contribution in [1.82, 2.24) is 0 Å². The minimum Gasteiger partial charge on any atom is -0.311 e. The van der Waals surface area contributed by atoms with E-state index >= 15 is 0 Å². The van der Waals surface area contributed by atoms with Gasteiger partial charge in [-0.2, -0.15) is 0 Å². The number of para-hydroxylation sites is 1. The summed E-state index contributed by atoms with van der Waals surface area (Å²) in [4.78, 5) is 14.3. The van der Waals surface area contributed by atoms with Gasteiger partial charge in [0.2, 0.25) is 5.91 Å². The number of rotatable bonds is 4. The van der Waals surface area contributed by atoms with E-state index in [9.17, 15) is 9.00 Å². The van der Waals surface area contributed by atoms with Crippen LogP contribution in [0.25, 0.3) is 0 Å². The molecular weight excluding hydrogens is 330 g/mol. The molecule has 0 saturated carbocycles. The van der Waals surface area contributed by atoms with Gasteiger partial charge in [-0.25, -0.2) is 0 Å². The summed E-state index contributed by atoms with van der Waals surface area (Å²) in [7, 11) is -1.19. The summed E-state index contributed by atoms with van der Waals surface area (Å²) in [5.41, 5.74) is 4.54. The second-order valence-electron chi connectivity index (χ2n) is 7.60.